The lowest BCUT2D eigenvalue weighted by Crippen LogP contribution is -2.03. The molecule has 0 atom stereocenters. The fourth-order valence-electron chi connectivity index (χ4n) is 2.19. The third kappa shape index (κ3) is 2.61. The second-order valence-corrected chi connectivity index (χ2v) is 4.86. The maximum Gasteiger partial charge on any atom is 0.334 e. The Morgan fingerprint density at radius 3 is 2.65 bits per heavy atom. The summed E-state index contributed by atoms with van der Waals surface area (Å²) in [5.74, 6) is 0.403. The molecular weight excluding hydrogens is 256 g/mol. The van der Waals surface area contributed by atoms with Gasteiger partial charge < -0.3 is 4.74 Å². The van der Waals surface area contributed by atoms with Gasteiger partial charge in [-0.3, -0.25) is 10.1 Å². The van der Waals surface area contributed by atoms with Gasteiger partial charge in [0.15, 0.2) is 0 Å². The van der Waals surface area contributed by atoms with Crippen LogP contribution in [0.4, 0.5) is 5.69 Å². The Labute approximate surface area is 116 Å². The van der Waals surface area contributed by atoms with Crippen LogP contribution in [0.25, 0.3) is 0 Å². The molecule has 1 aromatic heterocycles. The van der Waals surface area contributed by atoms with Gasteiger partial charge >= 0.3 is 5.69 Å². The summed E-state index contributed by atoms with van der Waals surface area (Å²) in [6.45, 7) is 0.281. The van der Waals surface area contributed by atoms with Crippen LogP contribution in [0.5, 0.6) is 5.88 Å². The minimum Gasteiger partial charge on any atom is -0.468 e. The van der Waals surface area contributed by atoms with Crippen LogP contribution in [0, 0.1) is 10.1 Å². The van der Waals surface area contributed by atoms with E-state index >= 15 is 0 Å². The third-order valence-corrected chi connectivity index (χ3v) is 3.34. The molecule has 1 aliphatic carbocycles. The highest BCUT2D eigenvalue weighted by Gasteiger charge is 2.33. The minimum atomic E-state index is -0.388. The maximum atomic E-state index is 11.3. The van der Waals surface area contributed by atoms with E-state index in [-0.39, 0.29) is 29.0 Å². The summed E-state index contributed by atoms with van der Waals surface area (Å²) in [6.07, 6.45) is 3.59. The van der Waals surface area contributed by atoms with Gasteiger partial charge in [-0.25, -0.2) is 4.98 Å². The Morgan fingerprint density at radius 2 is 2.00 bits per heavy atom. The van der Waals surface area contributed by atoms with Crippen LogP contribution in [0.3, 0.4) is 0 Å². The third-order valence-electron chi connectivity index (χ3n) is 3.34. The SMILES string of the molecule is O=[N+]([O-])c1c(C2CC2)ccnc1OCc1ccccc1. The molecule has 0 saturated heterocycles. The van der Waals surface area contributed by atoms with Crippen LogP contribution < -0.4 is 4.74 Å². The molecular formula is C15H14N2O3. The summed E-state index contributed by atoms with van der Waals surface area (Å²) < 4.78 is 5.55. The fraction of sp³-hybridized carbons (Fsp3) is 0.267. The molecule has 1 aliphatic rings. The van der Waals surface area contributed by atoms with Gasteiger partial charge in [0.05, 0.1) is 4.92 Å². The molecule has 5 heteroatoms. The zero-order valence-corrected chi connectivity index (χ0v) is 10.9. The largest absolute Gasteiger partial charge is 0.468 e. The Bertz CT molecular complexity index is 624. The zero-order valence-electron chi connectivity index (χ0n) is 10.9. The Morgan fingerprint density at radius 1 is 1.25 bits per heavy atom. The van der Waals surface area contributed by atoms with Crippen molar-refractivity contribution in [2.75, 3.05) is 0 Å². The predicted molar refractivity (Wildman–Crippen MR) is 73.6 cm³/mol. The number of hydrogen-bond acceptors (Lipinski definition) is 4. The summed E-state index contributed by atoms with van der Waals surface area (Å²) in [6, 6.07) is 11.3. The average molecular weight is 270 g/mol. The van der Waals surface area contributed by atoms with Crippen molar-refractivity contribution in [3.63, 3.8) is 0 Å². The average Bonchev–Trinajstić information content (AvgIpc) is 3.30. The highest BCUT2D eigenvalue weighted by atomic mass is 16.6. The topological polar surface area (TPSA) is 65.3 Å². The van der Waals surface area contributed by atoms with Gasteiger partial charge in [-0.15, -0.1) is 0 Å². The van der Waals surface area contributed by atoms with Crippen molar-refractivity contribution >= 4 is 5.69 Å². The summed E-state index contributed by atoms with van der Waals surface area (Å²) in [7, 11) is 0. The van der Waals surface area contributed by atoms with E-state index in [9.17, 15) is 10.1 Å². The van der Waals surface area contributed by atoms with Crippen LogP contribution in [-0.4, -0.2) is 9.91 Å². The first kappa shape index (κ1) is 12.6. The normalized spacial score (nSPS) is 14.0. The first-order valence-corrected chi connectivity index (χ1v) is 6.55. The number of nitrogens with zero attached hydrogens (tertiary/aromatic N) is 2. The number of pyridine rings is 1. The number of nitro groups is 1. The van der Waals surface area contributed by atoms with Gasteiger partial charge in [-0.05, 0) is 30.4 Å². The van der Waals surface area contributed by atoms with Crippen molar-refractivity contribution in [2.45, 2.75) is 25.4 Å². The predicted octanol–water partition coefficient (Wildman–Crippen LogP) is 3.45. The molecule has 1 heterocycles. The molecule has 1 saturated carbocycles. The van der Waals surface area contributed by atoms with E-state index in [2.05, 4.69) is 4.98 Å². The van der Waals surface area contributed by atoms with E-state index in [1.165, 1.54) is 0 Å². The standard InChI is InChI=1S/C15H14N2O3/c18-17(19)14-13(12-6-7-12)8-9-16-15(14)20-10-11-4-2-1-3-5-11/h1-5,8-9,12H,6-7,10H2. The number of aromatic nitrogens is 1. The van der Waals surface area contributed by atoms with Crippen molar-refractivity contribution in [3.8, 4) is 5.88 Å². The fourth-order valence-corrected chi connectivity index (χ4v) is 2.19. The zero-order chi connectivity index (χ0) is 13.9. The summed E-state index contributed by atoms with van der Waals surface area (Å²) >= 11 is 0. The van der Waals surface area contributed by atoms with Gasteiger partial charge in [0.25, 0.3) is 5.88 Å². The molecule has 5 nitrogen and oxygen atoms in total. The first-order valence-electron chi connectivity index (χ1n) is 6.55. The lowest BCUT2D eigenvalue weighted by Gasteiger charge is -2.08. The van der Waals surface area contributed by atoms with Gasteiger partial charge in [0.1, 0.15) is 6.61 Å². The molecule has 20 heavy (non-hydrogen) atoms. The van der Waals surface area contributed by atoms with Gasteiger partial charge in [-0.2, -0.15) is 0 Å². The van der Waals surface area contributed by atoms with Crippen LogP contribution in [0.1, 0.15) is 29.9 Å². The van der Waals surface area contributed by atoms with Crippen LogP contribution in [0.2, 0.25) is 0 Å². The van der Waals surface area contributed by atoms with Gasteiger partial charge in [0.2, 0.25) is 0 Å². The van der Waals surface area contributed by atoms with Crippen LogP contribution in [-0.2, 0) is 6.61 Å². The maximum absolute atomic E-state index is 11.3. The Balaban J connectivity index is 1.85. The first-order chi connectivity index (χ1) is 9.75. The quantitative estimate of drug-likeness (QED) is 0.616. The lowest BCUT2D eigenvalue weighted by atomic mass is 10.1. The molecule has 0 spiro atoms. The van der Waals surface area contributed by atoms with Crippen molar-refractivity contribution in [3.05, 3.63) is 63.8 Å². The Kier molecular flexibility index (Phi) is 3.33. The van der Waals surface area contributed by atoms with Crippen molar-refractivity contribution in [1.29, 1.82) is 0 Å². The van der Waals surface area contributed by atoms with E-state index in [1.54, 1.807) is 12.3 Å². The molecule has 102 valence electrons. The van der Waals surface area contributed by atoms with E-state index in [1.807, 2.05) is 30.3 Å². The molecule has 0 unspecified atom stereocenters. The number of rotatable bonds is 5. The number of ether oxygens (including phenoxy) is 1. The second kappa shape index (κ2) is 5.28. The van der Waals surface area contributed by atoms with Crippen molar-refractivity contribution in [1.82, 2.24) is 4.98 Å². The molecule has 0 amide bonds. The second-order valence-electron chi connectivity index (χ2n) is 4.86. The summed E-state index contributed by atoms with van der Waals surface area (Å²) in [5, 5.41) is 11.3. The van der Waals surface area contributed by atoms with Gasteiger partial charge in [0, 0.05) is 11.8 Å². The number of benzene rings is 1. The molecule has 0 bridgehead atoms. The van der Waals surface area contributed by atoms with E-state index in [0.717, 1.165) is 24.0 Å². The molecule has 0 aliphatic heterocycles. The van der Waals surface area contributed by atoms with Crippen molar-refractivity contribution < 1.29 is 9.66 Å². The highest BCUT2D eigenvalue weighted by molar-refractivity contribution is 5.51. The van der Waals surface area contributed by atoms with Crippen LogP contribution >= 0.6 is 0 Å². The molecule has 1 fully saturated rings. The highest BCUT2D eigenvalue weighted by Crippen LogP contribution is 2.46. The van der Waals surface area contributed by atoms with Crippen molar-refractivity contribution in [2.24, 2.45) is 0 Å². The molecule has 0 N–H and O–H groups in total. The van der Waals surface area contributed by atoms with Gasteiger partial charge in [-0.1, -0.05) is 30.3 Å². The molecule has 3 rings (SSSR count). The smallest absolute Gasteiger partial charge is 0.334 e. The van der Waals surface area contributed by atoms with E-state index in [4.69, 9.17) is 4.74 Å². The monoisotopic (exact) mass is 270 g/mol. The van der Waals surface area contributed by atoms with Crippen LogP contribution in [0.15, 0.2) is 42.6 Å². The minimum absolute atomic E-state index is 0.0194. The summed E-state index contributed by atoms with van der Waals surface area (Å²) in [4.78, 5) is 14.9. The number of hydrogen-bond donors (Lipinski definition) is 0. The van der Waals surface area contributed by atoms with E-state index < -0.39 is 0 Å². The van der Waals surface area contributed by atoms with E-state index in [0.29, 0.717) is 0 Å². The molecule has 1 aromatic carbocycles. The Hall–Kier alpha value is -2.43. The lowest BCUT2D eigenvalue weighted by molar-refractivity contribution is -0.387. The molecule has 2 aromatic rings. The summed E-state index contributed by atoms with van der Waals surface area (Å²) in [5.41, 5.74) is 1.72. The molecule has 0 radical (unpaired) electrons.